The number of likely N-dealkylation sites (N-methyl/N-ethyl adjacent to an activating group) is 1. The molecule has 1 aliphatic heterocycles. The van der Waals surface area contributed by atoms with Gasteiger partial charge in [-0.25, -0.2) is 0 Å². The van der Waals surface area contributed by atoms with Gasteiger partial charge >= 0.3 is 0 Å². The van der Waals surface area contributed by atoms with Gasteiger partial charge < -0.3 is 10.1 Å². The Kier molecular flexibility index (Phi) is 5.31. The largest absolute Gasteiger partial charge is 0.377 e. The smallest absolute Gasteiger partial charge is 0.0731 e. The maximum Gasteiger partial charge on any atom is 0.0731 e. The molecule has 100 valence electrons. The second kappa shape index (κ2) is 6.76. The fraction of sp³-hybridized carbons (Fsp3) is 0.571. The van der Waals surface area contributed by atoms with E-state index in [4.69, 9.17) is 27.9 Å². The van der Waals surface area contributed by atoms with Gasteiger partial charge in [-0.15, -0.1) is 0 Å². The van der Waals surface area contributed by atoms with Crippen molar-refractivity contribution in [3.63, 3.8) is 0 Å². The summed E-state index contributed by atoms with van der Waals surface area (Å²) in [5.74, 6) is 0. The van der Waals surface area contributed by atoms with E-state index in [0.717, 1.165) is 35.1 Å². The lowest BCUT2D eigenvalue weighted by molar-refractivity contribution is -0.00586. The summed E-state index contributed by atoms with van der Waals surface area (Å²) in [6, 6.07) is 5.91. The van der Waals surface area contributed by atoms with E-state index >= 15 is 0 Å². The van der Waals surface area contributed by atoms with Crippen molar-refractivity contribution in [1.29, 1.82) is 0 Å². The fourth-order valence-electron chi connectivity index (χ4n) is 2.45. The van der Waals surface area contributed by atoms with Crippen LogP contribution in [0.25, 0.3) is 0 Å². The van der Waals surface area contributed by atoms with Crippen molar-refractivity contribution >= 4 is 23.2 Å². The topological polar surface area (TPSA) is 21.3 Å². The third-order valence-electron chi connectivity index (χ3n) is 3.52. The minimum Gasteiger partial charge on any atom is -0.377 e. The van der Waals surface area contributed by atoms with Crippen molar-refractivity contribution < 1.29 is 4.74 Å². The second-order valence-electron chi connectivity index (χ2n) is 4.70. The molecule has 2 nitrogen and oxygen atoms in total. The van der Waals surface area contributed by atoms with Gasteiger partial charge in [0.1, 0.15) is 0 Å². The summed E-state index contributed by atoms with van der Waals surface area (Å²) in [6.45, 7) is 0.860. The predicted molar refractivity (Wildman–Crippen MR) is 76.6 cm³/mol. The van der Waals surface area contributed by atoms with E-state index in [2.05, 4.69) is 5.32 Å². The molecule has 1 aliphatic rings. The molecule has 1 aromatic carbocycles. The van der Waals surface area contributed by atoms with Crippen molar-refractivity contribution in [2.24, 2.45) is 0 Å². The molecule has 2 rings (SSSR count). The van der Waals surface area contributed by atoms with Crippen LogP contribution in [-0.4, -0.2) is 25.8 Å². The van der Waals surface area contributed by atoms with E-state index in [1.165, 1.54) is 12.8 Å². The van der Waals surface area contributed by atoms with E-state index < -0.39 is 0 Å². The average molecular weight is 288 g/mol. The molecule has 4 heteroatoms. The summed E-state index contributed by atoms with van der Waals surface area (Å²) >= 11 is 12.4. The molecule has 18 heavy (non-hydrogen) atoms. The van der Waals surface area contributed by atoms with Crippen LogP contribution >= 0.6 is 23.2 Å². The van der Waals surface area contributed by atoms with Crippen LogP contribution < -0.4 is 5.32 Å². The quantitative estimate of drug-likeness (QED) is 0.912. The van der Waals surface area contributed by atoms with Crippen molar-refractivity contribution in [1.82, 2.24) is 5.32 Å². The number of halogens is 2. The van der Waals surface area contributed by atoms with Crippen molar-refractivity contribution in [2.75, 3.05) is 13.7 Å². The molecule has 0 aliphatic carbocycles. The maximum absolute atomic E-state index is 6.22. The van der Waals surface area contributed by atoms with Crippen LogP contribution in [0.4, 0.5) is 0 Å². The minimum atomic E-state index is 0.260. The van der Waals surface area contributed by atoms with E-state index in [-0.39, 0.29) is 12.1 Å². The van der Waals surface area contributed by atoms with Gasteiger partial charge in [0.05, 0.1) is 6.10 Å². The van der Waals surface area contributed by atoms with Gasteiger partial charge in [-0.1, -0.05) is 29.3 Å². The third-order valence-corrected chi connectivity index (χ3v) is 4.23. The molecule has 0 aromatic heterocycles. The van der Waals surface area contributed by atoms with Crippen LogP contribution in [0.15, 0.2) is 18.2 Å². The molecule has 1 N–H and O–H groups in total. The first-order valence-corrected chi connectivity index (χ1v) is 7.19. The van der Waals surface area contributed by atoms with Crippen LogP contribution in [0.1, 0.15) is 24.8 Å². The van der Waals surface area contributed by atoms with Crippen LogP contribution in [0.5, 0.6) is 0 Å². The molecule has 0 saturated carbocycles. The molecule has 2 atom stereocenters. The number of ether oxygens (including phenoxy) is 1. The molecule has 0 amide bonds. The van der Waals surface area contributed by atoms with Crippen molar-refractivity contribution in [2.45, 2.75) is 37.8 Å². The van der Waals surface area contributed by atoms with E-state index in [0.29, 0.717) is 0 Å². The van der Waals surface area contributed by atoms with Gasteiger partial charge in [0.25, 0.3) is 0 Å². The summed E-state index contributed by atoms with van der Waals surface area (Å²) in [6.07, 6.45) is 4.57. The summed E-state index contributed by atoms with van der Waals surface area (Å²) in [7, 11) is 1.97. The van der Waals surface area contributed by atoms with Gasteiger partial charge in [0, 0.05) is 22.7 Å². The Hall–Kier alpha value is -0.280. The maximum atomic E-state index is 6.22. The first-order valence-electron chi connectivity index (χ1n) is 6.44. The Morgan fingerprint density at radius 2 is 2.06 bits per heavy atom. The molecular formula is C14H19Cl2NO. The highest BCUT2D eigenvalue weighted by atomic mass is 35.5. The normalized spacial score (nSPS) is 21.8. The highest BCUT2D eigenvalue weighted by Crippen LogP contribution is 2.27. The molecule has 0 bridgehead atoms. The molecular weight excluding hydrogens is 269 g/mol. The SMILES string of the molecule is CNC(Cc1c(Cl)cccc1Cl)C1CCCCO1. The van der Waals surface area contributed by atoms with Crippen LogP contribution in [-0.2, 0) is 11.2 Å². The molecule has 1 saturated heterocycles. The van der Waals surface area contributed by atoms with Gasteiger partial charge in [-0.3, -0.25) is 0 Å². The van der Waals surface area contributed by atoms with Gasteiger partial charge in [0.2, 0.25) is 0 Å². The highest BCUT2D eigenvalue weighted by molar-refractivity contribution is 6.36. The van der Waals surface area contributed by atoms with Gasteiger partial charge in [0.15, 0.2) is 0 Å². The minimum absolute atomic E-state index is 0.260. The average Bonchev–Trinajstić information content (AvgIpc) is 2.40. The Labute approximate surface area is 119 Å². The van der Waals surface area contributed by atoms with Crippen LogP contribution in [0.3, 0.4) is 0 Å². The molecule has 0 spiro atoms. The van der Waals surface area contributed by atoms with Crippen molar-refractivity contribution in [3.8, 4) is 0 Å². The Morgan fingerprint density at radius 3 is 2.61 bits per heavy atom. The lowest BCUT2D eigenvalue weighted by Crippen LogP contribution is -2.42. The fourth-order valence-corrected chi connectivity index (χ4v) is 3.00. The number of hydrogen-bond acceptors (Lipinski definition) is 2. The number of nitrogens with one attached hydrogen (secondary N) is 1. The number of hydrogen-bond donors (Lipinski definition) is 1. The van der Waals surface area contributed by atoms with Gasteiger partial charge in [-0.05, 0) is 50.4 Å². The zero-order valence-corrected chi connectivity index (χ0v) is 12.1. The standard InChI is InChI=1S/C14H19Cl2NO/c1-17-13(14-7-2-3-8-18-14)9-10-11(15)5-4-6-12(10)16/h4-6,13-14,17H,2-3,7-9H2,1H3. The molecule has 1 heterocycles. The zero-order chi connectivity index (χ0) is 13.0. The van der Waals surface area contributed by atoms with Gasteiger partial charge in [-0.2, -0.15) is 0 Å². The number of rotatable bonds is 4. The summed E-state index contributed by atoms with van der Waals surface area (Å²) < 4.78 is 5.83. The van der Waals surface area contributed by atoms with E-state index in [1.807, 2.05) is 25.2 Å². The summed E-state index contributed by atoms with van der Waals surface area (Å²) in [5.41, 5.74) is 1.01. The third kappa shape index (κ3) is 3.39. The molecule has 0 radical (unpaired) electrons. The Bertz CT molecular complexity index is 371. The first kappa shape index (κ1) is 14.1. The zero-order valence-electron chi connectivity index (χ0n) is 10.6. The van der Waals surface area contributed by atoms with Crippen LogP contribution in [0.2, 0.25) is 10.0 Å². The first-order chi connectivity index (χ1) is 8.72. The van der Waals surface area contributed by atoms with Crippen LogP contribution in [0, 0.1) is 0 Å². The summed E-state index contributed by atoms with van der Waals surface area (Å²) in [4.78, 5) is 0. The van der Waals surface area contributed by atoms with Crippen molar-refractivity contribution in [3.05, 3.63) is 33.8 Å². The monoisotopic (exact) mass is 287 g/mol. The Balaban J connectivity index is 2.09. The molecule has 2 unspecified atom stereocenters. The highest BCUT2D eigenvalue weighted by Gasteiger charge is 2.24. The van der Waals surface area contributed by atoms with E-state index in [9.17, 15) is 0 Å². The predicted octanol–water partition coefficient (Wildman–Crippen LogP) is 3.69. The lowest BCUT2D eigenvalue weighted by Gasteiger charge is -2.30. The second-order valence-corrected chi connectivity index (χ2v) is 5.52. The van der Waals surface area contributed by atoms with E-state index in [1.54, 1.807) is 0 Å². The molecule has 1 fully saturated rings. The number of benzene rings is 1. The summed E-state index contributed by atoms with van der Waals surface area (Å²) in [5, 5.41) is 4.80. The lowest BCUT2D eigenvalue weighted by atomic mass is 9.96. The molecule has 1 aromatic rings. The Morgan fingerprint density at radius 1 is 1.33 bits per heavy atom.